The zero-order valence-electron chi connectivity index (χ0n) is 9.82. The van der Waals surface area contributed by atoms with E-state index in [9.17, 15) is 0 Å². The molecule has 15 heavy (non-hydrogen) atoms. The summed E-state index contributed by atoms with van der Waals surface area (Å²) in [5.41, 5.74) is 0. The van der Waals surface area contributed by atoms with E-state index in [1.54, 1.807) is 0 Å². The summed E-state index contributed by atoms with van der Waals surface area (Å²) in [4.78, 5) is 0. The molecule has 0 heterocycles. The molecular weight excluding hydrogens is 188 g/mol. The van der Waals surface area contributed by atoms with Gasteiger partial charge in [0, 0.05) is 0 Å². The molecule has 1 aromatic carbocycles. The van der Waals surface area contributed by atoms with E-state index >= 15 is 0 Å². The molecule has 84 valence electrons. The summed E-state index contributed by atoms with van der Waals surface area (Å²) < 4.78 is 11.1. The van der Waals surface area contributed by atoms with Gasteiger partial charge in [-0.25, -0.2) is 0 Å². The highest BCUT2D eigenvalue weighted by Crippen LogP contribution is 2.18. The van der Waals surface area contributed by atoms with Gasteiger partial charge in [0.25, 0.3) is 0 Å². The second kappa shape index (κ2) is 6.33. The zero-order valence-corrected chi connectivity index (χ0v) is 9.82. The molecule has 1 rings (SSSR count). The van der Waals surface area contributed by atoms with Crippen LogP contribution in [0.3, 0.4) is 0 Å². The van der Waals surface area contributed by atoms with Gasteiger partial charge in [0.2, 0.25) is 0 Å². The number of hydrogen-bond donors (Lipinski definition) is 0. The molecular formula is C13H20O2. The van der Waals surface area contributed by atoms with Crippen molar-refractivity contribution in [2.45, 2.75) is 39.7 Å². The van der Waals surface area contributed by atoms with E-state index in [4.69, 9.17) is 9.47 Å². The predicted octanol–water partition coefficient (Wildman–Crippen LogP) is 3.65. The Labute approximate surface area is 92.2 Å². The molecule has 0 atom stereocenters. The van der Waals surface area contributed by atoms with E-state index in [1.807, 2.05) is 38.1 Å². The van der Waals surface area contributed by atoms with Crippen LogP contribution < -0.4 is 9.47 Å². The summed E-state index contributed by atoms with van der Waals surface area (Å²) >= 11 is 0. The van der Waals surface area contributed by atoms with E-state index in [0.717, 1.165) is 30.9 Å². The molecule has 0 N–H and O–H groups in total. The van der Waals surface area contributed by atoms with Gasteiger partial charge in [-0.15, -0.1) is 0 Å². The summed E-state index contributed by atoms with van der Waals surface area (Å²) in [5, 5.41) is 0. The molecule has 0 spiro atoms. The molecule has 0 saturated carbocycles. The van der Waals surface area contributed by atoms with E-state index in [1.165, 1.54) is 0 Å². The van der Waals surface area contributed by atoms with Gasteiger partial charge in [-0.3, -0.25) is 0 Å². The standard InChI is InChI=1S/C13H20O2/c1-4-5-10-14-12-6-8-13(9-7-12)15-11(2)3/h6-9,11H,4-5,10H2,1-3H3. The molecule has 0 aliphatic carbocycles. The van der Waals surface area contributed by atoms with Crippen molar-refractivity contribution in [1.29, 1.82) is 0 Å². The Hall–Kier alpha value is -1.18. The van der Waals surface area contributed by atoms with Crippen molar-refractivity contribution in [2.75, 3.05) is 6.61 Å². The van der Waals surface area contributed by atoms with Crippen molar-refractivity contribution in [2.24, 2.45) is 0 Å². The molecule has 0 aromatic heterocycles. The number of ether oxygens (including phenoxy) is 2. The molecule has 0 amide bonds. The maximum Gasteiger partial charge on any atom is 0.119 e. The first-order valence-corrected chi connectivity index (χ1v) is 5.62. The van der Waals surface area contributed by atoms with E-state index < -0.39 is 0 Å². The predicted molar refractivity (Wildman–Crippen MR) is 62.6 cm³/mol. The molecule has 0 aliphatic heterocycles. The summed E-state index contributed by atoms with van der Waals surface area (Å²) in [5.74, 6) is 1.81. The van der Waals surface area contributed by atoms with Gasteiger partial charge in [0.1, 0.15) is 11.5 Å². The monoisotopic (exact) mass is 208 g/mol. The third kappa shape index (κ3) is 4.73. The quantitative estimate of drug-likeness (QED) is 0.664. The Morgan fingerprint density at radius 3 is 2.20 bits per heavy atom. The first-order chi connectivity index (χ1) is 7.22. The number of benzene rings is 1. The van der Waals surface area contributed by atoms with Gasteiger partial charge in [0.15, 0.2) is 0 Å². The summed E-state index contributed by atoms with van der Waals surface area (Å²) in [6.45, 7) is 6.99. The minimum atomic E-state index is 0.219. The Morgan fingerprint density at radius 2 is 1.67 bits per heavy atom. The lowest BCUT2D eigenvalue weighted by Gasteiger charge is -2.10. The van der Waals surface area contributed by atoms with E-state index in [0.29, 0.717) is 0 Å². The second-order valence-electron chi connectivity index (χ2n) is 3.84. The van der Waals surface area contributed by atoms with Gasteiger partial charge >= 0.3 is 0 Å². The fraction of sp³-hybridized carbons (Fsp3) is 0.538. The van der Waals surface area contributed by atoms with E-state index in [2.05, 4.69) is 6.92 Å². The zero-order chi connectivity index (χ0) is 11.1. The molecule has 0 bridgehead atoms. The largest absolute Gasteiger partial charge is 0.494 e. The highest BCUT2D eigenvalue weighted by molar-refractivity contribution is 5.31. The first kappa shape index (κ1) is 11.9. The lowest BCUT2D eigenvalue weighted by molar-refractivity contribution is 0.241. The normalized spacial score (nSPS) is 10.4. The van der Waals surface area contributed by atoms with Crippen molar-refractivity contribution >= 4 is 0 Å². The fourth-order valence-electron chi connectivity index (χ4n) is 1.22. The first-order valence-electron chi connectivity index (χ1n) is 5.62. The third-order valence-corrected chi connectivity index (χ3v) is 1.96. The lowest BCUT2D eigenvalue weighted by Crippen LogP contribution is -2.05. The minimum Gasteiger partial charge on any atom is -0.494 e. The van der Waals surface area contributed by atoms with Crippen LogP contribution in [0.15, 0.2) is 24.3 Å². The molecule has 0 aliphatic rings. The summed E-state index contributed by atoms with van der Waals surface area (Å²) in [6.07, 6.45) is 2.48. The van der Waals surface area contributed by atoms with Crippen LogP contribution in [0.2, 0.25) is 0 Å². The van der Waals surface area contributed by atoms with Gasteiger partial charge in [0.05, 0.1) is 12.7 Å². The SMILES string of the molecule is CCCCOc1ccc(OC(C)C)cc1. The highest BCUT2D eigenvalue weighted by Gasteiger charge is 1.98. The van der Waals surface area contributed by atoms with Crippen LogP contribution >= 0.6 is 0 Å². The van der Waals surface area contributed by atoms with Crippen molar-refractivity contribution in [1.82, 2.24) is 0 Å². The minimum absolute atomic E-state index is 0.219. The molecule has 2 heteroatoms. The van der Waals surface area contributed by atoms with Gasteiger partial charge in [-0.2, -0.15) is 0 Å². The summed E-state index contributed by atoms with van der Waals surface area (Å²) in [7, 11) is 0. The van der Waals surface area contributed by atoms with Crippen molar-refractivity contribution in [3.63, 3.8) is 0 Å². The van der Waals surface area contributed by atoms with Crippen LogP contribution in [-0.4, -0.2) is 12.7 Å². The van der Waals surface area contributed by atoms with Crippen molar-refractivity contribution < 1.29 is 9.47 Å². The molecule has 0 fully saturated rings. The maximum absolute atomic E-state index is 5.55. The molecule has 0 radical (unpaired) electrons. The number of rotatable bonds is 6. The smallest absolute Gasteiger partial charge is 0.119 e. The van der Waals surface area contributed by atoms with Gasteiger partial charge < -0.3 is 9.47 Å². The average molecular weight is 208 g/mol. The lowest BCUT2D eigenvalue weighted by atomic mass is 10.3. The van der Waals surface area contributed by atoms with Crippen LogP contribution in [0.25, 0.3) is 0 Å². The highest BCUT2D eigenvalue weighted by atomic mass is 16.5. The second-order valence-corrected chi connectivity index (χ2v) is 3.84. The van der Waals surface area contributed by atoms with Crippen LogP contribution in [-0.2, 0) is 0 Å². The Bertz CT molecular complexity index is 264. The van der Waals surface area contributed by atoms with Crippen LogP contribution in [0.5, 0.6) is 11.5 Å². The average Bonchev–Trinajstić information content (AvgIpc) is 2.20. The molecule has 2 nitrogen and oxygen atoms in total. The van der Waals surface area contributed by atoms with Gasteiger partial charge in [-0.1, -0.05) is 13.3 Å². The van der Waals surface area contributed by atoms with Crippen LogP contribution in [0.1, 0.15) is 33.6 Å². The fourth-order valence-corrected chi connectivity index (χ4v) is 1.22. The van der Waals surface area contributed by atoms with Crippen molar-refractivity contribution in [3.8, 4) is 11.5 Å². The number of unbranched alkanes of at least 4 members (excludes halogenated alkanes) is 1. The number of hydrogen-bond acceptors (Lipinski definition) is 2. The van der Waals surface area contributed by atoms with E-state index in [-0.39, 0.29) is 6.10 Å². The van der Waals surface area contributed by atoms with Crippen molar-refractivity contribution in [3.05, 3.63) is 24.3 Å². The molecule has 1 aromatic rings. The Kier molecular flexibility index (Phi) is 5.02. The van der Waals surface area contributed by atoms with Crippen LogP contribution in [0.4, 0.5) is 0 Å². The molecule has 0 unspecified atom stereocenters. The van der Waals surface area contributed by atoms with Gasteiger partial charge in [-0.05, 0) is 44.5 Å². The maximum atomic E-state index is 5.55. The topological polar surface area (TPSA) is 18.5 Å². The summed E-state index contributed by atoms with van der Waals surface area (Å²) in [6, 6.07) is 7.79. The third-order valence-electron chi connectivity index (χ3n) is 1.96. The van der Waals surface area contributed by atoms with Crippen LogP contribution in [0, 0.1) is 0 Å². The Morgan fingerprint density at radius 1 is 1.07 bits per heavy atom. The Balaban J connectivity index is 2.42. The molecule has 0 saturated heterocycles.